The van der Waals surface area contributed by atoms with Gasteiger partial charge < -0.3 is 24.8 Å². The summed E-state index contributed by atoms with van der Waals surface area (Å²) < 4.78 is 29.9. The van der Waals surface area contributed by atoms with Crippen LogP contribution in [0.15, 0.2) is 23.2 Å². The van der Waals surface area contributed by atoms with E-state index in [-0.39, 0.29) is 11.6 Å². The number of aliphatic imine (C=N–C) groups is 1. The van der Waals surface area contributed by atoms with Gasteiger partial charge in [-0.2, -0.15) is 0 Å². The number of hydrogen-bond acceptors (Lipinski definition) is 5. The van der Waals surface area contributed by atoms with Crippen LogP contribution in [0.1, 0.15) is 38.2 Å². The summed E-state index contributed by atoms with van der Waals surface area (Å²) in [5, 5.41) is 6.80. The summed E-state index contributed by atoms with van der Waals surface area (Å²) in [5.74, 6) is 0.786. The molecule has 1 heterocycles. The van der Waals surface area contributed by atoms with Gasteiger partial charge in [-0.15, -0.1) is 0 Å². The third-order valence-corrected chi connectivity index (χ3v) is 5.33. The number of hydrogen-bond donors (Lipinski definition) is 2. The van der Waals surface area contributed by atoms with Gasteiger partial charge in [-0.05, 0) is 37.0 Å². The molecule has 0 amide bonds. The van der Waals surface area contributed by atoms with Crippen LogP contribution < -0.4 is 15.4 Å². The van der Waals surface area contributed by atoms with Gasteiger partial charge in [0.1, 0.15) is 0 Å². The van der Waals surface area contributed by atoms with E-state index in [1.54, 1.807) is 19.2 Å². The minimum Gasteiger partial charge on any atom is -0.494 e. The molecule has 1 fully saturated rings. The van der Waals surface area contributed by atoms with Crippen molar-refractivity contribution in [1.29, 1.82) is 0 Å². The van der Waals surface area contributed by atoms with Crippen molar-refractivity contribution in [2.24, 2.45) is 4.99 Å². The maximum Gasteiger partial charge on any atom is 0.191 e. The molecule has 0 radical (unpaired) electrons. The first kappa shape index (κ1) is 25.4. The van der Waals surface area contributed by atoms with Crippen LogP contribution in [0.2, 0.25) is 0 Å². The summed E-state index contributed by atoms with van der Waals surface area (Å²) in [6, 6.07) is 5.56. The normalized spacial score (nSPS) is 15.8. The van der Waals surface area contributed by atoms with Crippen LogP contribution in [0.25, 0.3) is 0 Å². The summed E-state index contributed by atoms with van der Waals surface area (Å²) in [4.78, 5) is 6.66. The Morgan fingerprint density at radius 2 is 1.90 bits per heavy atom. The first-order valence-electron chi connectivity index (χ1n) is 11.3. The zero-order valence-electron chi connectivity index (χ0n) is 19.3. The standard InChI is InChI=1S/C23H39FN4O3/c1-4-5-13-30-15-16-31-14-10-26-23(25-2)27-20-8-11-28(12-9-20)18-19-6-7-22(29-3)21(24)17-19/h6-7,17,20H,4-5,8-16,18H2,1-3H3,(H2,25,26,27). The van der Waals surface area contributed by atoms with Crippen molar-refractivity contribution >= 4 is 5.96 Å². The monoisotopic (exact) mass is 438 g/mol. The first-order chi connectivity index (χ1) is 15.2. The number of likely N-dealkylation sites (tertiary alicyclic amines) is 1. The lowest BCUT2D eigenvalue weighted by Crippen LogP contribution is -2.49. The SMILES string of the molecule is CCCCOCCOCCNC(=NC)NC1CCN(Cc2ccc(OC)c(F)c2)CC1. The number of unbranched alkanes of at least 4 members (excludes halogenated alkanes) is 1. The Bertz CT molecular complexity index is 652. The average Bonchev–Trinajstić information content (AvgIpc) is 2.78. The van der Waals surface area contributed by atoms with E-state index >= 15 is 0 Å². The van der Waals surface area contributed by atoms with Crippen molar-refractivity contribution < 1.29 is 18.6 Å². The highest BCUT2D eigenvalue weighted by Gasteiger charge is 2.20. The predicted octanol–water partition coefficient (Wildman–Crippen LogP) is 2.80. The van der Waals surface area contributed by atoms with Crippen molar-refractivity contribution in [2.75, 3.05) is 60.2 Å². The highest BCUT2D eigenvalue weighted by molar-refractivity contribution is 5.79. The van der Waals surface area contributed by atoms with Crippen molar-refractivity contribution in [3.8, 4) is 5.75 Å². The molecule has 176 valence electrons. The lowest BCUT2D eigenvalue weighted by Gasteiger charge is -2.33. The molecule has 2 rings (SSSR count). The van der Waals surface area contributed by atoms with Crippen LogP contribution in [0, 0.1) is 5.82 Å². The van der Waals surface area contributed by atoms with Crippen molar-refractivity contribution in [3.05, 3.63) is 29.6 Å². The molecule has 0 atom stereocenters. The van der Waals surface area contributed by atoms with Crippen molar-refractivity contribution in [3.63, 3.8) is 0 Å². The predicted molar refractivity (Wildman–Crippen MR) is 122 cm³/mol. The van der Waals surface area contributed by atoms with E-state index in [4.69, 9.17) is 14.2 Å². The largest absolute Gasteiger partial charge is 0.494 e. The minimum atomic E-state index is -0.306. The number of ether oxygens (including phenoxy) is 3. The topological polar surface area (TPSA) is 67.4 Å². The second-order valence-electron chi connectivity index (χ2n) is 7.74. The third kappa shape index (κ3) is 9.84. The quantitative estimate of drug-likeness (QED) is 0.280. The van der Waals surface area contributed by atoms with Crippen LogP contribution in [0.4, 0.5) is 4.39 Å². The summed E-state index contributed by atoms with van der Waals surface area (Å²) in [6.45, 7) is 8.23. The van der Waals surface area contributed by atoms with Gasteiger partial charge in [0.05, 0.1) is 26.9 Å². The molecule has 31 heavy (non-hydrogen) atoms. The third-order valence-electron chi connectivity index (χ3n) is 5.33. The molecular weight excluding hydrogens is 399 g/mol. The van der Waals surface area contributed by atoms with Crippen LogP contribution in [-0.4, -0.2) is 77.1 Å². The molecule has 1 aromatic carbocycles. The molecule has 0 aliphatic carbocycles. The molecule has 8 heteroatoms. The maximum atomic E-state index is 13.9. The highest BCUT2D eigenvalue weighted by Crippen LogP contribution is 2.20. The summed E-state index contributed by atoms with van der Waals surface area (Å²) >= 11 is 0. The molecule has 1 aromatic rings. The Balaban J connectivity index is 1.58. The van der Waals surface area contributed by atoms with E-state index in [1.807, 2.05) is 6.07 Å². The van der Waals surface area contributed by atoms with Gasteiger partial charge in [0, 0.05) is 45.9 Å². The van der Waals surface area contributed by atoms with Gasteiger partial charge in [-0.3, -0.25) is 9.89 Å². The van der Waals surface area contributed by atoms with Crippen LogP contribution in [0.3, 0.4) is 0 Å². The molecule has 1 aliphatic heterocycles. The Morgan fingerprint density at radius 1 is 1.16 bits per heavy atom. The smallest absolute Gasteiger partial charge is 0.191 e. The fourth-order valence-electron chi connectivity index (χ4n) is 3.50. The summed E-state index contributed by atoms with van der Waals surface area (Å²) in [6.07, 6.45) is 4.29. The van der Waals surface area contributed by atoms with Crippen molar-refractivity contribution in [1.82, 2.24) is 15.5 Å². The molecule has 1 saturated heterocycles. The number of methoxy groups -OCH3 is 1. The second kappa shape index (κ2) is 15.0. The molecule has 1 aliphatic rings. The van der Waals surface area contributed by atoms with Crippen LogP contribution in [-0.2, 0) is 16.0 Å². The van der Waals surface area contributed by atoms with Crippen molar-refractivity contribution in [2.45, 2.75) is 45.2 Å². The zero-order chi connectivity index (χ0) is 22.3. The van der Waals surface area contributed by atoms with E-state index in [9.17, 15) is 4.39 Å². The number of nitrogens with one attached hydrogen (secondary N) is 2. The van der Waals surface area contributed by atoms with Gasteiger partial charge >= 0.3 is 0 Å². The van der Waals surface area contributed by atoms with Gasteiger partial charge in [0.25, 0.3) is 0 Å². The number of rotatable bonds is 13. The Labute approximate surface area is 186 Å². The number of halogens is 1. The van der Waals surface area contributed by atoms with Crippen LogP contribution in [0.5, 0.6) is 5.75 Å². The summed E-state index contributed by atoms with van der Waals surface area (Å²) in [5.41, 5.74) is 0.970. The molecular formula is C23H39FN4O3. The average molecular weight is 439 g/mol. The first-order valence-corrected chi connectivity index (χ1v) is 11.3. The van der Waals surface area contributed by atoms with Gasteiger partial charge in [0.2, 0.25) is 0 Å². The Morgan fingerprint density at radius 3 is 2.55 bits per heavy atom. The molecule has 0 unspecified atom stereocenters. The van der Waals surface area contributed by atoms with Gasteiger partial charge in [0.15, 0.2) is 17.5 Å². The fourth-order valence-corrected chi connectivity index (χ4v) is 3.50. The van der Waals surface area contributed by atoms with E-state index in [0.29, 0.717) is 32.4 Å². The lowest BCUT2D eigenvalue weighted by molar-refractivity contribution is 0.0487. The fraction of sp³-hybridized carbons (Fsp3) is 0.696. The number of piperidine rings is 1. The van der Waals surface area contributed by atoms with E-state index in [0.717, 1.165) is 63.4 Å². The lowest BCUT2D eigenvalue weighted by atomic mass is 10.0. The van der Waals surface area contributed by atoms with E-state index in [2.05, 4.69) is 27.4 Å². The summed E-state index contributed by atoms with van der Waals surface area (Å²) in [7, 11) is 3.27. The van der Waals surface area contributed by atoms with Gasteiger partial charge in [-0.1, -0.05) is 19.4 Å². The Hall–Kier alpha value is -1.90. The molecule has 2 N–H and O–H groups in total. The number of guanidine groups is 1. The van der Waals surface area contributed by atoms with Crippen LogP contribution >= 0.6 is 0 Å². The van der Waals surface area contributed by atoms with E-state index in [1.165, 1.54) is 7.11 Å². The number of nitrogens with zero attached hydrogens (tertiary/aromatic N) is 2. The number of benzene rings is 1. The molecule has 0 bridgehead atoms. The zero-order valence-corrected chi connectivity index (χ0v) is 19.3. The Kier molecular flexibility index (Phi) is 12.3. The maximum absolute atomic E-state index is 13.9. The second-order valence-corrected chi connectivity index (χ2v) is 7.74. The molecule has 0 saturated carbocycles. The highest BCUT2D eigenvalue weighted by atomic mass is 19.1. The molecule has 0 spiro atoms. The van der Waals surface area contributed by atoms with Gasteiger partial charge in [-0.25, -0.2) is 4.39 Å². The molecule has 0 aromatic heterocycles. The molecule has 7 nitrogen and oxygen atoms in total. The van der Waals surface area contributed by atoms with E-state index < -0.39 is 0 Å². The minimum absolute atomic E-state index is 0.288.